The van der Waals surface area contributed by atoms with Gasteiger partial charge in [-0.2, -0.15) is 0 Å². The average Bonchev–Trinajstić information content (AvgIpc) is 3.10. The van der Waals surface area contributed by atoms with Crippen molar-refractivity contribution in [2.45, 2.75) is 32.3 Å². The Bertz CT molecular complexity index is 657. The van der Waals surface area contributed by atoms with E-state index in [9.17, 15) is 9.59 Å². The molecule has 1 aromatic carbocycles. The van der Waals surface area contributed by atoms with E-state index in [0.717, 1.165) is 35.0 Å². The molecule has 0 aromatic heterocycles. The molecule has 2 aliphatic carbocycles. The van der Waals surface area contributed by atoms with Crippen LogP contribution in [0.25, 0.3) is 0 Å². The van der Waals surface area contributed by atoms with Crippen LogP contribution in [0, 0.1) is 23.7 Å². The summed E-state index contributed by atoms with van der Waals surface area (Å²) in [4.78, 5) is 24.8. The molecule has 1 aliphatic heterocycles. The Balaban J connectivity index is 1.57. The standard InChI is InChI=1S/C17H18BrNO3/c1-2-8-5-10(18)3-4-12(8)19-16(20)14-9-6-11-13(7-9)22-17(21)15(11)14/h3-5,9,11,13-15H,2,6-7H2,1H3,(H,19,20)/t9-,11-,13+,14+,15-/m0/s1. The van der Waals surface area contributed by atoms with E-state index in [0.29, 0.717) is 5.92 Å². The zero-order chi connectivity index (χ0) is 15.4. The Hall–Kier alpha value is -1.36. The van der Waals surface area contributed by atoms with Crippen LogP contribution in [-0.2, 0) is 20.7 Å². The fraction of sp³-hybridized carbons (Fsp3) is 0.529. The molecule has 1 aromatic rings. The highest BCUT2D eigenvalue weighted by Crippen LogP contribution is 2.57. The molecule has 3 aliphatic rings. The summed E-state index contributed by atoms with van der Waals surface area (Å²) >= 11 is 3.46. The van der Waals surface area contributed by atoms with Crippen LogP contribution in [0.3, 0.4) is 0 Å². The average molecular weight is 364 g/mol. The first-order valence-corrected chi connectivity index (χ1v) is 8.67. The lowest BCUT2D eigenvalue weighted by atomic mass is 9.79. The van der Waals surface area contributed by atoms with Gasteiger partial charge < -0.3 is 10.1 Å². The van der Waals surface area contributed by atoms with Crippen molar-refractivity contribution in [1.29, 1.82) is 0 Å². The van der Waals surface area contributed by atoms with Crippen LogP contribution in [0.1, 0.15) is 25.3 Å². The van der Waals surface area contributed by atoms with Gasteiger partial charge in [-0.1, -0.05) is 22.9 Å². The minimum Gasteiger partial charge on any atom is -0.462 e. The lowest BCUT2D eigenvalue weighted by molar-refractivity contribution is -0.145. The number of hydrogen-bond donors (Lipinski definition) is 1. The van der Waals surface area contributed by atoms with E-state index in [1.807, 2.05) is 18.2 Å². The summed E-state index contributed by atoms with van der Waals surface area (Å²) in [5.41, 5.74) is 1.94. The molecule has 3 fully saturated rings. The van der Waals surface area contributed by atoms with E-state index < -0.39 is 0 Å². The van der Waals surface area contributed by atoms with E-state index in [4.69, 9.17) is 4.74 Å². The van der Waals surface area contributed by atoms with Gasteiger partial charge in [-0.3, -0.25) is 9.59 Å². The molecule has 0 radical (unpaired) electrons. The number of ether oxygens (including phenoxy) is 1. The molecule has 1 N–H and O–H groups in total. The number of carbonyl (C=O) groups excluding carboxylic acids is 2. The summed E-state index contributed by atoms with van der Waals surface area (Å²) in [6.07, 6.45) is 2.73. The van der Waals surface area contributed by atoms with Crippen LogP contribution in [0.5, 0.6) is 0 Å². The van der Waals surface area contributed by atoms with Crippen LogP contribution in [0.15, 0.2) is 22.7 Å². The molecular weight excluding hydrogens is 346 g/mol. The molecule has 2 bridgehead atoms. The van der Waals surface area contributed by atoms with Gasteiger partial charge in [0.05, 0.1) is 11.8 Å². The van der Waals surface area contributed by atoms with Crippen molar-refractivity contribution in [3.63, 3.8) is 0 Å². The van der Waals surface area contributed by atoms with Gasteiger partial charge in [0.25, 0.3) is 0 Å². The lowest BCUT2D eigenvalue weighted by Gasteiger charge is -2.24. The number of hydrogen-bond acceptors (Lipinski definition) is 3. The Morgan fingerprint density at radius 3 is 3.00 bits per heavy atom. The fourth-order valence-electron chi connectivity index (χ4n) is 4.56. The third-order valence-electron chi connectivity index (χ3n) is 5.49. The Kier molecular flexibility index (Phi) is 3.29. The van der Waals surface area contributed by atoms with Crippen molar-refractivity contribution >= 4 is 33.5 Å². The smallest absolute Gasteiger partial charge is 0.310 e. The first-order valence-electron chi connectivity index (χ1n) is 7.88. The number of aryl methyl sites for hydroxylation is 1. The fourth-order valence-corrected chi connectivity index (χ4v) is 4.96. The van der Waals surface area contributed by atoms with Gasteiger partial charge in [-0.15, -0.1) is 0 Å². The number of carbonyl (C=O) groups is 2. The van der Waals surface area contributed by atoms with Crippen LogP contribution in [0.2, 0.25) is 0 Å². The van der Waals surface area contributed by atoms with Gasteiger partial charge in [-0.05, 0) is 48.9 Å². The highest BCUT2D eigenvalue weighted by Gasteiger charge is 2.63. The van der Waals surface area contributed by atoms with Gasteiger partial charge >= 0.3 is 5.97 Å². The van der Waals surface area contributed by atoms with E-state index in [-0.39, 0.29) is 35.7 Å². The number of rotatable bonds is 3. The Labute approximate surface area is 137 Å². The highest BCUT2D eigenvalue weighted by molar-refractivity contribution is 9.10. The van der Waals surface area contributed by atoms with Gasteiger partial charge in [0.15, 0.2) is 0 Å². The molecule has 1 amide bonds. The topological polar surface area (TPSA) is 55.4 Å². The lowest BCUT2D eigenvalue weighted by Crippen LogP contribution is -2.36. The number of amides is 1. The van der Waals surface area contributed by atoms with Gasteiger partial charge in [0.1, 0.15) is 6.10 Å². The molecule has 1 saturated heterocycles. The predicted molar refractivity (Wildman–Crippen MR) is 85.2 cm³/mol. The number of benzene rings is 1. The normalized spacial score (nSPS) is 34.8. The molecule has 0 unspecified atom stereocenters. The number of halogens is 1. The molecule has 4 nitrogen and oxygen atoms in total. The Morgan fingerprint density at radius 2 is 2.23 bits per heavy atom. The third-order valence-corrected chi connectivity index (χ3v) is 5.99. The first-order chi connectivity index (χ1) is 10.6. The second-order valence-corrected chi connectivity index (χ2v) is 7.48. The molecule has 4 rings (SSSR count). The summed E-state index contributed by atoms with van der Waals surface area (Å²) in [6.45, 7) is 2.06. The molecule has 5 heteroatoms. The largest absolute Gasteiger partial charge is 0.462 e. The highest BCUT2D eigenvalue weighted by atomic mass is 79.9. The maximum absolute atomic E-state index is 12.8. The molecule has 22 heavy (non-hydrogen) atoms. The second-order valence-electron chi connectivity index (χ2n) is 6.57. The minimum absolute atomic E-state index is 0.0215. The summed E-state index contributed by atoms with van der Waals surface area (Å²) in [6, 6.07) is 5.87. The van der Waals surface area contributed by atoms with Crippen molar-refractivity contribution < 1.29 is 14.3 Å². The van der Waals surface area contributed by atoms with Gasteiger partial charge in [0.2, 0.25) is 5.91 Å². The van der Waals surface area contributed by atoms with Crippen molar-refractivity contribution in [2.24, 2.45) is 23.7 Å². The van der Waals surface area contributed by atoms with Crippen LogP contribution >= 0.6 is 15.9 Å². The Morgan fingerprint density at radius 1 is 1.41 bits per heavy atom. The number of anilines is 1. The van der Waals surface area contributed by atoms with E-state index in [1.165, 1.54) is 0 Å². The summed E-state index contributed by atoms with van der Waals surface area (Å²) in [5.74, 6) is -0.0573. The van der Waals surface area contributed by atoms with E-state index >= 15 is 0 Å². The molecule has 2 saturated carbocycles. The maximum atomic E-state index is 12.8. The number of esters is 1. The van der Waals surface area contributed by atoms with E-state index in [2.05, 4.69) is 28.2 Å². The summed E-state index contributed by atoms with van der Waals surface area (Å²) in [5, 5.41) is 3.05. The molecular formula is C17H18BrNO3. The quantitative estimate of drug-likeness (QED) is 0.839. The van der Waals surface area contributed by atoms with Crippen molar-refractivity contribution in [1.82, 2.24) is 0 Å². The van der Waals surface area contributed by atoms with Crippen molar-refractivity contribution in [3.8, 4) is 0 Å². The molecule has 0 spiro atoms. The van der Waals surface area contributed by atoms with Crippen LogP contribution in [-0.4, -0.2) is 18.0 Å². The van der Waals surface area contributed by atoms with Gasteiger partial charge in [0, 0.05) is 16.1 Å². The SMILES string of the molecule is CCc1cc(Br)ccc1NC(=O)[C@@H]1[C@H]2C[C@@H]3[C@@H]1C(=O)O[C@@H]3C2. The monoisotopic (exact) mass is 363 g/mol. The third kappa shape index (κ3) is 2.02. The first kappa shape index (κ1) is 14.2. The van der Waals surface area contributed by atoms with Gasteiger partial charge in [-0.25, -0.2) is 0 Å². The zero-order valence-electron chi connectivity index (χ0n) is 12.3. The minimum atomic E-state index is -0.218. The maximum Gasteiger partial charge on any atom is 0.310 e. The molecule has 1 heterocycles. The zero-order valence-corrected chi connectivity index (χ0v) is 13.9. The van der Waals surface area contributed by atoms with Crippen molar-refractivity contribution in [3.05, 3.63) is 28.2 Å². The second kappa shape index (κ2) is 5.08. The number of nitrogens with one attached hydrogen (secondary N) is 1. The van der Waals surface area contributed by atoms with Crippen LogP contribution < -0.4 is 5.32 Å². The molecule has 116 valence electrons. The van der Waals surface area contributed by atoms with Crippen molar-refractivity contribution in [2.75, 3.05) is 5.32 Å². The summed E-state index contributed by atoms with van der Waals surface area (Å²) < 4.78 is 6.41. The van der Waals surface area contributed by atoms with E-state index in [1.54, 1.807) is 0 Å². The molecule has 5 atom stereocenters. The predicted octanol–water partition coefficient (Wildman–Crippen LogP) is 3.15. The number of fused-ring (bicyclic) bond motifs is 1. The summed E-state index contributed by atoms with van der Waals surface area (Å²) in [7, 11) is 0. The van der Waals surface area contributed by atoms with Crippen LogP contribution in [0.4, 0.5) is 5.69 Å².